The smallest absolute Gasteiger partial charge is 0.359 e. The number of carbonyl (C=O) groups is 2. The summed E-state index contributed by atoms with van der Waals surface area (Å²) in [7, 11) is 0. The molecule has 0 aromatic heterocycles. The molecule has 1 aromatic rings. The van der Waals surface area contributed by atoms with Gasteiger partial charge in [0.25, 0.3) is 0 Å². The third-order valence-corrected chi connectivity index (χ3v) is 5.16. The Balaban J connectivity index is 1.78. The summed E-state index contributed by atoms with van der Waals surface area (Å²) < 4.78 is 44.6. The topological polar surface area (TPSA) is 46.6 Å². The maximum atomic E-state index is 12.9. The zero-order chi connectivity index (χ0) is 17.5. The quantitative estimate of drug-likeness (QED) is 0.585. The van der Waals surface area contributed by atoms with Crippen LogP contribution in [0.4, 0.5) is 18.9 Å². The van der Waals surface area contributed by atoms with Crippen LogP contribution in [0.25, 0.3) is 0 Å². The molecule has 4 nitrogen and oxygen atoms in total. The molecule has 2 bridgehead atoms. The summed E-state index contributed by atoms with van der Waals surface area (Å²) in [5.74, 6) is -2.45. The normalized spacial score (nSPS) is 37.5. The Labute approximate surface area is 135 Å². The molecule has 24 heavy (non-hydrogen) atoms. The van der Waals surface area contributed by atoms with Crippen LogP contribution in [0.2, 0.25) is 0 Å². The van der Waals surface area contributed by atoms with Gasteiger partial charge < -0.3 is 4.74 Å². The molecule has 0 unspecified atom stereocenters. The van der Waals surface area contributed by atoms with Crippen molar-refractivity contribution in [2.75, 3.05) is 4.90 Å². The van der Waals surface area contributed by atoms with Crippen molar-refractivity contribution in [3.8, 4) is 0 Å². The predicted molar refractivity (Wildman–Crippen MR) is 78.0 cm³/mol. The highest BCUT2D eigenvalue weighted by Crippen LogP contribution is 2.57. The second-order valence-corrected chi connectivity index (χ2v) is 6.82. The number of hydrogen-bond donors (Lipinski definition) is 0. The van der Waals surface area contributed by atoms with Gasteiger partial charge in [-0.15, -0.1) is 0 Å². The van der Waals surface area contributed by atoms with Gasteiger partial charge in [0, 0.05) is 0 Å². The van der Waals surface area contributed by atoms with Gasteiger partial charge in [0.2, 0.25) is 11.8 Å². The zero-order valence-electron chi connectivity index (χ0n) is 12.9. The van der Waals surface area contributed by atoms with Crippen LogP contribution in [0.15, 0.2) is 36.4 Å². The molecule has 3 aliphatic heterocycles. The molecule has 4 rings (SSSR count). The molecular weight excluding hydrogens is 323 g/mol. The number of benzene rings is 1. The lowest BCUT2D eigenvalue weighted by molar-refractivity contribution is -0.138. The Morgan fingerprint density at radius 2 is 1.58 bits per heavy atom. The van der Waals surface area contributed by atoms with Crippen molar-refractivity contribution in [1.29, 1.82) is 0 Å². The number of anilines is 1. The molecule has 1 aromatic carbocycles. The fraction of sp³-hybridized carbons (Fsp3) is 0.412. The molecule has 3 heterocycles. The Morgan fingerprint density at radius 3 is 2.08 bits per heavy atom. The lowest BCUT2D eigenvalue weighted by Gasteiger charge is -2.25. The molecule has 2 fully saturated rings. The van der Waals surface area contributed by atoms with E-state index in [1.807, 2.05) is 0 Å². The first-order chi connectivity index (χ1) is 11.1. The second-order valence-electron chi connectivity index (χ2n) is 6.82. The Morgan fingerprint density at radius 1 is 1.04 bits per heavy atom. The zero-order valence-corrected chi connectivity index (χ0v) is 12.9. The fourth-order valence-electron chi connectivity index (χ4n) is 4.11. The molecule has 7 heteroatoms. The van der Waals surface area contributed by atoms with E-state index in [0.29, 0.717) is 0 Å². The van der Waals surface area contributed by atoms with Gasteiger partial charge in [-0.2, -0.15) is 13.2 Å². The lowest BCUT2D eigenvalue weighted by Crippen LogP contribution is -2.39. The second kappa shape index (κ2) is 4.27. The number of fused-ring (bicyclic) bond motifs is 5. The van der Waals surface area contributed by atoms with Crippen molar-refractivity contribution in [2.24, 2.45) is 11.8 Å². The molecule has 0 N–H and O–H groups in total. The van der Waals surface area contributed by atoms with Gasteiger partial charge in [-0.25, -0.2) is 4.90 Å². The van der Waals surface area contributed by atoms with E-state index in [-0.39, 0.29) is 5.69 Å². The number of amides is 2. The van der Waals surface area contributed by atoms with Gasteiger partial charge in [-0.3, -0.25) is 9.59 Å². The number of nitrogens with zero attached hydrogens (tertiary/aromatic N) is 1. The van der Waals surface area contributed by atoms with E-state index >= 15 is 0 Å². The maximum absolute atomic E-state index is 12.9. The van der Waals surface area contributed by atoms with Crippen molar-refractivity contribution < 1.29 is 27.5 Å². The highest BCUT2D eigenvalue weighted by atomic mass is 19.4. The van der Waals surface area contributed by atoms with E-state index in [9.17, 15) is 22.8 Å². The van der Waals surface area contributed by atoms with Crippen LogP contribution >= 0.6 is 0 Å². The van der Waals surface area contributed by atoms with Gasteiger partial charge in [-0.05, 0) is 32.0 Å². The number of halogens is 3. The van der Waals surface area contributed by atoms with E-state index in [1.165, 1.54) is 12.1 Å². The molecule has 126 valence electrons. The number of alkyl halides is 3. The molecule has 0 spiro atoms. The number of hydrogen-bond acceptors (Lipinski definition) is 3. The van der Waals surface area contributed by atoms with Gasteiger partial charge in [0.05, 0.1) is 34.3 Å². The van der Waals surface area contributed by atoms with E-state index in [2.05, 4.69) is 0 Å². The minimum Gasteiger partial charge on any atom is -0.359 e. The summed E-state index contributed by atoms with van der Waals surface area (Å²) in [4.78, 5) is 26.5. The van der Waals surface area contributed by atoms with E-state index in [1.54, 1.807) is 26.0 Å². The fourth-order valence-corrected chi connectivity index (χ4v) is 4.11. The molecule has 2 saturated heterocycles. The molecule has 4 atom stereocenters. The van der Waals surface area contributed by atoms with Gasteiger partial charge in [-0.1, -0.05) is 18.2 Å². The Hall–Kier alpha value is -2.15. The summed E-state index contributed by atoms with van der Waals surface area (Å²) in [6, 6.07) is 4.27. The van der Waals surface area contributed by atoms with Crippen molar-refractivity contribution in [3.63, 3.8) is 0 Å². The maximum Gasteiger partial charge on any atom is 0.416 e. The first kappa shape index (κ1) is 15.4. The van der Waals surface area contributed by atoms with Gasteiger partial charge in [0.1, 0.15) is 0 Å². The first-order valence-electron chi connectivity index (χ1n) is 7.52. The molecule has 0 aliphatic carbocycles. The van der Waals surface area contributed by atoms with Gasteiger partial charge >= 0.3 is 6.18 Å². The molecule has 0 radical (unpaired) electrons. The Bertz CT molecular complexity index is 767. The monoisotopic (exact) mass is 337 g/mol. The van der Waals surface area contributed by atoms with Crippen LogP contribution in [0, 0.1) is 11.8 Å². The number of carbonyl (C=O) groups excluding carboxylic acids is 2. The Kier molecular flexibility index (Phi) is 2.74. The lowest BCUT2D eigenvalue weighted by atomic mass is 9.73. The van der Waals surface area contributed by atoms with E-state index in [4.69, 9.17) is 4.74 Å². The minimum absolute atomic E-state index is 0.0548. The number of imide groups is 1. The van der Waals surface area contributed by atoms with Crippen LogP contribution in [0.5, 0.6) is 0 Å². The summed E-state index contributed by atoms with van der Waals surface area (Å²) in [5, 5.41) is 0. The van der Waals surface area contributed by atoms with Crippen LogP contribution in [-0.4, -0.2) is 23.0 Å². The summed E-state index contributed by atoms with van der Waals surface area (Å²) >= 11 is 0. The van der Waals surface area contributed by atoms with E-state index < -0.39 is 46.6 Å². The summed E-state index contributed by atoms with van der Waals surface area (Å²) in [5.41, 5.74) is -2.75. The highest BCUT2D eigenvalue weighted by Gasteiger charge is 2.70. The van der Waals surface area contributed by atoms with Crippen molar-refractivity contribution >= 4 is 17.5 Å². The van der Waals surface area contributed by atoms with Crippen molar-refractivity contribution in [1.82, 2.24) is 0 Å². The number of rotatable bonds is 1. The predicted octanol–water partition coefficient (Wildman–Crippen LogP) is 2.93. The number of ether oxygens (including phenoxy) is 1. The van der Waals surface area contributed by atoms with Crippen LogP contribution < -0.4 is 4.90 Å². The molecule has 3 aliphatic rings. The van der Waals surface area contributed by atoms with Crippen molar-refractivity contribution in [2.45, 2.75) is 31.2 Å². The molecular formula is C17H14F3NO3. The third kappa shape index (κ3) is 1.79. The van der Waals surface area contributed by atoms with Crippen LogP contribution in [-0.2, 0) is 20.5 Å². The standard InChI is InChI=1S/C17H14F3NO3/c1-15-6-7-16(2,24-15)12-11(15)13(22)21(14(12)23)10-5-3-4-9(8-10)17(18,19)20/h3-8,11-12H,1-2H3/t11-,12+,15+,16-. The van der Waals surface area contributed by atoms with Crippen LogP contribution in [0.3, 0.4) is 0 Å². The average molecular weight is 337 g/mol. The van der Waals surface area contributed by atoms with Crippen molar-refractivity contribution in [3.05, 3.63) is 42.0 Å². The van der Waals surface area contributed by atoms with E-state index in [0.717, 1.165) is 17.0 Å². The molecule has 2 amide bonds. The third-order valence-electron chi connectivity index (χ3n) is 5.16. The summed E-state index contributed by atoms with van der Waals surface area (Å²) in [6.07, 6.45) is -1.02. The first-order valence-corrected chi connectivity index (χ1v) is 7.52. The molecule has 0 saturated carbocycles. The SMILES string of the molecule is C[C@]12C=C[C@](C)(O1)[C@H]1C(=O)N(c3cccc(C(F)(F)F)c3)C(=O)[C@H]12. The minimum atomic E-state index is -4.54. The largest absolute Gasteiger partial charge is 0.416 e. The average Bonchev–Trinajstić information content (AvgIpc) is 3.03. The van der Waals surface area contributed by atoms with Gasteiger partial charge in [0.15, 0.2) is 0 Å². The summed E-state index contributed by atoms with van der Waals surface area (Å²) in [6.45, 7) is 3.44. The highest BCUT2D eigenvalue weighted by molar-refractivity contribution is 6.23. The van der Waals surface area contributed by atoms with Crippen LogP contribution in [0.1, 0.15) is 19.4 Å².